The highest BCUT2D eigenvalue weighted by Crippen LogP contribution is 2.25. The van der Waals surface area contributed by atoms with Crippen LogP contribution in [-0.2, 0) is 4.79 Å². The molecule has 0 bridgehead atoms. The van der Waals surface area contributed by atoms with Crippen LogP contribution in [0.3, 0.4) is 0 Å². The topological polar surface area (TPSA) is 76.7 Å². The van der Waals surface area contributed by atoms with Gasteiger partial charge in [0, 0.05) is 28.3 Å². The molecule has 2 rings (SSSR count). The number of carbonyl (C=O) groups is 2. The van der Waals surface area contributed by atoms with Crippen molar-refractivity contribution in [3.63, 3.8) is 0 Å². The lowest BCUT2D eigenvalue weighted by Gasteiger charge is -2.07. The lowest BCUT2D eigenvalue weighted by molar-refractivity contribution is -0.117. The second-order valence-electron chi connectivity index (χ2n) is 4.89. The van der Waals surface area contributed by atoms with Crippen molar-refractivity contribution in [3.05, 3.63) is 64.7 Å². The quantitative estimate of drug-likeness (QED) is 0.635. The van der Waals surface area contributed by atoms with Gasteiger partial charge in [-0.15, -0.1) is 0 Å². The van der Waals surface area contributed by atoms with Crippen molar-refractivity contribution in [2.24, 2.45) is 0 Å². The van der Waals surface area contributed by atoms with Crippen LogP contribution >= 0.6 is 11.6 Å². The first-order valence-electron chi connectivity index (χ1n) is 7.29. The van der Waals surface area contributed by atoms with E-state index in [0.29, 0.717) is 27.6 Å². The largest absolute Gasteiger partial charge is 0.497 e. The summed E-state index contributed by atoms with van der Waals surface area (Å²) in [5.74, 6) is 0.280. The van der Waals surface area contributed by atoms with Gasteiger partial charge < -0.3 is 9.47 Å². The Bertz CT molecular complexity index is 788. The minimum absolute atomic E-state index is 0.380. The van der Waals surface area contributed by atoms with Crippen LogP contribution in [0.1, 0.15) is 15.9 Å². The number of benzene rings is 2. The number of halogens is 1. The molecule has 0 saturated heterocycles. The van der Waals surface area contributed by atoms with Gasteiger partial charge in [-0.3, -0.25) is 20.4 Å². The summed E-state index contributed by atoms with van der Waals surface area (Å²) < 4.78 is 10.4. The van der Waals surface area contributed by atoms with Gasteiger partial charge in [0.05, 0.1) is 14.2 Å². The van der Waals surface area contributed by atoms with E-state index in [-0.39, 0.29) is 0 Å². The number of hydrogen-bond donors (Lipinski definition) is 2. The first-order chi connectivity index (χ1) is 12.0. The number of nitrogens with one attached hydrogen (secondary N) is 2. The summed E-state index contributed by atoms with van der Waals surface area (Å²) in [5, 5.41) is 0.525. The second kappa shape index (κ2) is 8.75. The third-order valence-corrected chi connectivity index (χ3v) is 3.51. The Morgan fingerprint density at radius 3 is 2.36 bits per heavy atom. The molecule has 0 unspecified atom stereocenters. The summed E-state index contributed by atoms with van der Waals surface area (Å²) in [6, 6.07) is 11.5. The molecule has 7 heteroatoms. The highest BCUT2D eigenvalue weighted by molar-refractivity contribution is 6.30. The molecule has 0 atom stereocenters. The molecule has 2 amide bonds. The molecule has 2 aromatic carbocycles. The zero-order valence-corrected chi connectivity index (χ0v) is 14.5. The molecule has 0 spiro atoms. The molecule has 25 heavy (non-hydrogen) atoms. The molecule has 0 heterocycles. The molecule has 0 aromatic heterocycles. The fraction of sp³-hybridized carbons (Fsp3) is 0.111. The van der Waals surface area contributed by atoms with Crippen molar-refractivity contribution in [1.82, 2.24) is 10.9 Å². The van der Waals surface area contributed by atoms with E-state index >= 15 is 0 Å². The minimum Gasteiger partial charge on any atom is -0.497 e. The van der Waals surface area contributed by atoms with Crippen LogP contribution in [0.5, 0.6) is 11.5 Å². The molecule has 6 nitrogen and oxygen atoms in total. The number of hydrogen-bond acceptors (Lipinski definition) is 4. The molecular weight excluding hydrogens is 344 g/mol. The van der Waals surface area contributed by atoms with E-state index in [2.05, 4.69) is 10.9 Å². The zero-order chi connectivity index (χ0) is 18.2. The summed E-state index contributed by atoms with van der Waals surface area (Å²) in [5.41, 5.74) is 5.70. The molecule has 0 aliphatic rings. The number of carbonyl (C=O) groups excluding carboxylic acids is 2. The van der Waals surface area contributed by atoms with Crippen LogP contribution < -0.4 is 20.3 Å². The van der Waals surface area contributed by atoms with Gasteiger partial charge in [0.2, 0.25) is 0 Å². The monoisotopic (exact) mass is 360 g/mol. The Kier molecular flexibility index (Phi) is 6.42. The zero-order valence-electron chi connectivity index (χ0n) is 13.7. The Morgan fingerprint density at radius 1 is 1.00 bits per heavy atom. The Labute approximate surface area is 150 Å². The van der Waals surface area contributed by atoms with Crippen molar-refractivity contribution in [1.29, 1.82) is 0 Å². The Morgan fingerprint density at radius 2 is 1.72 bits per heavy atom. The predicted molar refractivity (Wildman–Crippen MR) is 95.6 cm³/mol. The summed E-state index contributed by atoms with van der Waals surface area (Å²) >= 11 is 5.76. The Hall–Kier alpha value is -2.99. The van der Waals surface area contributed by atoms with E-state index in [0.717, 1.165) is 0 Å². The molecule has 0 saturated carbocycles. The Balaban J connectivity index is 1.94. The summed E-state index contributed by atoms with van der Waals surface area (Å²) in [6.07, 6.45) is 2.86. The van der Waals surface area contributed by atoms with Crippen molar-refractivity contribution in [2.75, 3.05) is 14.2 Å². The maximum atomic E-state index is 11.9. The fourth-order valence-corrected chi connectivity index (χ4v) is 2.08. The van der Waals surface area contributed by atoms with Crippen LogP contribution in [0, 0.1) is 0 Å². The lowest BCUT2D eigenvalue weighted by atomic mass is 10.1. The van der Waals surface area contributed by atoms with E-state index in [9.17, 15) is 9.59 Å². The summed E-state index contributed by atoms with van der Waals surface area (Å²) in [4.78, 5) is 23.7. The SMILES string of the molecule is COc1ccc(/C=C/C(=O)NNC(=O)c2ccc(Cl)cc2)c(OC)c1. The van der Waals surface area contributed by atoms with Gasteiger partial charge in [0.1, 0.15) is 11.5 Å². The smallest absolute Gasteiger partial charge is 0.269 e. The van der Waals surface area contributed by atoms with E-state index in [1.807, 2.05) is 0 Å². The maximum Gasteiger partial charge on any atom is 0.269 e. The van der Waals surface area contributed by atoms with Crippen LogP contribution in [-0.4, -0.2) is 26.0 Å². The van der Waals surface area contributed by atoms with Crippen LogP contribution in [0.15, 0.2) is 48.5 Å². The van der Waals surface area contributed by atoms with Crippen LogP contribution in [0.2, 0.25) is 5.02 Å². The summed E-state index contributed by atoms with van der Waals surface area (Å²) in [6.45, 7) is 0. The average Bonchev–Trinajstić information content (AvgIpc) is 2.64. The standard InChI is InChI=1S/C18H17ClN2O4/c1-24-15-9-5-12(16(11-15)25-2)6-10-17(22)20-21-18(23)13-3-7-14(19)8-4-13/h3-11H,1-2H3,(H,20,22)(H,21,23)/b10-6+. The van der Waals surface area contributed by atoms with Crippen molar-refractivity contribution < 1.29 is 19.1 Å². The van der Waals surface area contributed by atoms with Gasteiger partial charge in [-0.05, 0) is 42.5 Å². The number of methoxy groups -OCH3 is 2. The first kappa shape index (κ1) is 18.4. The van der Waals surface area contributed by atoms with Gasteiger partial charge in [0.25, 0.3) is 11.8 Å². The van der Waals surface area contributed by atoms with E-state index in [1.165, 1.54) is 13.2 Å². The van der Waals surface area contributed by atoms with E-state index in [1.54, 1.807) is 55.7 Å². The predicted octanol–water partition coefficient (Wildman–Crippen LogP) is 2.83. The molecule has 130 valence electrons. The van der Waals surface area contributed by atoms with E-state index < -0.39 is 11.8 Å². The molecular formula is C18H17ClN2O4. The van der Waals surface area contributed by atoms with Crippen molar-refractivity contribution in [2.45, 2.75) is 0 Å². The number of hydrazine groups is 1. The molecule has 0 radical (unpaired) electrons. The third-order valence-electron chi connectivity index (χ3n) is 3.26. The van der Waals surface area contributed by atoms with Gasteiger partial charge in [-0.2, -0.15) is 0 Å². The normalized spacial score (nSPS) is 10.4. The lowest BCUT2D eigenvalue weighted by Crippen LogP contribution is -2.40. The third kappa shape index (κ3) is 5.26. The number of ether oxygens (including phenoxy) is 2. The molecule has 2 aromatic rings. The molecule has 0 fully saturated rings. The second-order valence-corrected chi connectivity index (χ2v) is 5.33. The molecule has 2 N–H and O–H groups in total. The molecule has 0 aliphatic heterocycles. The van der Waals surface area contributed by atoms with Gasteiger partial charge in [0.15, 0.2) is 0 Å². The van der Waals surface area contributed by atoms with Crippen LogP contribution in [0.4, 0.5) is 0 Å². The maximum absolute atomic E-state index is 11.9. The highest BCUT2D eigenvalue weighted by Gasteiger charge is 2.06. The van der Waals surface area contributed by atoms with Gasteiger partial charge in [-0.25, -0.2) is 0 Å². The summed E-state index contributed by atoms with van der Waals surface area (Å²) in [7, 11) is 3.08. The van der Waals surface area contributed by atoms with Gasteiger partial charge in [-0.1, -0.05) is 11.6 Å². The number of rotatable bonds is 5. The van der Waals surface area contributed by atoms with E-state index in [4.69, 9.17) is 21.1 Å². The number of amides is 2. The highest BCUT2D eigenvalue weighted by atomic mass is 35.5. The van der Waals surface area contributed by atoms with Crippen molar-refractivity contribution >= 4 is 29.5 Å². The van der Waals surface area contributed by atoms with Gasteiger partial charge >= 0.3 is 0 Å². The van der Waals surface area contributed by atoms with Crippen molar-refractivity contribution in [3.8, 4) is 11.5 Å². The van der Waals surface area contributed by atoms with Crippen LogP contribution in [0.25, 0.3) is 6.08 Å². The minimum atomic E-state index is -0.486. The average molecular weight is 361 g/mol. The fourth-order valence-electron chi connectivity index (χ4n) is 1.96. The first-order valence-corrected chi connectivity index (χ1v) is 7.67. The molecule has 0 aliphatic carbocycles.